The van der Waals surface area contributed by atoms with Crippen LogP contribution in [0.5, 0.6) is 0 Å². The van der Waals surface area contributed by atoms with Gasteiger partial charge in [-0.3, -0.25) is 0 Å². The molecule has 2 nitrogen and oxygen atoms in total. The molecule has 0 fully saturated rings. The van der Waals surface area contributed by atoms with E-state index < -0.39 is 16.1 Å². The van der Waals surface area contributed by atoms with Gasteiger partial charge in [-0.25, -0.2) is 0 Å². The topological polar surface area (TPSA) is 18.5 Å². The van der Waals surface area contributed by atoms with E-state index in [1.165, 1.54) is 16.7 Å². The minimum Gasteiger partial charge on any atom is -0.376 e. The molecule has 1 aliphatic rings. The zero-order valence-corrected chi connectivity index (χ0v) is 25.4. The Morgan fingerprint density at radius 1 is 0.722 bits per heavy atom. The zero-order chi connectivity index (χ0) is 26.0. The number of fused-ring (bicyclic) bond motifs is 1. The Bertz CT molecular complexity index is 1110. The quantitative estimate of drug-likeness (QED) is 0.279. The third-order valence-electron chi connectivity index (χ3n) is 7.55. The molecule has 0 heterocycles. The Labute approximate surface area is 221 Å². The maximum Gasteiger partial charge on any atom is 0.0783 e. The molecule has 0 saturated carbocycles. The van der Waals surface area contributed by atoms with Crippen LogP contribution in [-0.2, 0) is 34.5 Å². The summed E-state index contributed by atoms with van der Waals surface area (Å²) in [4.78, 5) is 0. The van der Waals surface area contributed by atoms with E-state index in [9.17, 15) is 0 Å². The normalized spacial score (nSPS) is 15.2. The van der Waals surface area contributed by atoms with Crippen molar-refractivity contribution in [3.05, 3.63) is 94.5 Å². The Kier molecular flexibility index (Phi) is 8.11. The van der Waals surface area contributed by atoms with Gasteiger partial charge in [0.15, 0.2) is 0 Å². The second-order valence-electron chi connectivity index (χ2n) is 12.7. The van der Waals surface area contributed by atoms with Crippen LogP contribution < -0.4 is 10.4 Å². The van der Waals surface area contributed by atoms with Crippen LogP contribution in [0.3, 0.4) is 0 Å². The predicted molar refractivity (Wildman–Crippen MR) is 159 cm³/mol. The van der Waals surface area contributed by atoms with Gasteiger partial charge in [0.1, 0.15) is 0 Å². The zero-order valence-electron chi connectivity index (χ0n) is 23.4. The van der Waals surface area contributed by atoms with Crippen molar-refractivity contribution in [2.24, 2.45) is 0 Å². The molecular weight excluding hydrogens is 473 g/mol. The fourth-order valence-electron chi connectivity index (χ4n) is 6.07. The second-order valence-corrected chi connectivity index (χ2v) is 22.7. The largest absolute Gasteiger partial charge is 0.376 e. The number of ether oxygens (including phenoxy) is 2. The van der Waals surface area contributed by atoms with Crippen LogP contribution in [0.1, 0.15) is 34.2 Å². The van der Waals surface area contributed by atoms with E-state index in [1.807, 2.05) is 0 Å². The third kappa shape index (κ3) is 5.94. The first-order valence-corrected chi connectivity index (χ1v) is 20.4. The van der Waals surface area contributed by atoms with Crippen molar-refractivity contribution in [2.75, 3.05) is 13.2 Å². The van der Waals surface area contributed by atoms with Gasteiger partial charge >= 0.3 is 0 Å². The molecular formula is C32H44O2Si2. The number of hydrogen-bond donors (Lipinski definition) is 0. The number of hydrogen-bond acceptors (Lipinski definition) is 2. The second kappa shape index (κ2) is 10.8. The predicted octanol–water partition coefficient (Wildman–Crippen LogP) is 6.70. The third-order valence-corrected chi connectivity index (χ3v) is 11.8. The monoisotopic (exact) mass is 516 g/mol. The summed E-state index contributed by atoms with van der Waals surface area (Å²) in [5, 5.41) is 3.29. The number of rotatable bonds is 10. The summed E-state index contributed by atoms with van der Waals surface area (Å²) >= 11 is 0. The highest BCUT2D eigenvalue weighted by Gasteiger charge is 2.45. The van der Waals surface area contributed by atoms with Gasteiger partial charge in [-0.2, -0.15) is 0 Å². The summed E-state index contributed by atoms with van der Waals surface area (Å²) in [6, 6.07) is 23.7. The molecule has 3 aromatic carbocycles. The van der Waals surface area contributed by atoms with E-state index in [-0.39, 0.29) is 5.41 Å². The Hall–Kier alpha value is -1.99. The van der Waals surface area contributed by atoms with Gasteiger partial charge in [-0.1, -0.05) is 122 Å². The summed E-state index contributed by atoms with van der Waals surface area (Å²) < 4.78 is 13.1. The van der Waals surface area contributed by atoms with Crippen LogP contribution in [0.15, 0.2) is 66.7 Å². The van der Waals surface area contributed by atoms with Crippen molar-refractivity contribution in [3.63, 3.8) is 0 Å². The van der Waals surface area contributed by atoms with Gasteiger partial charge < -0.3 is 9.47 Å². The minimum atomic E-state index is -1.59. The SMILES string of the molecule is Cc1cc([Si](C)(C)C)c2c(c1[Si](C)(C)C)CCC2(COCc1ccccc1)COCc1ccccc1. The molecule has 0 radical (unpaired) electrons. The lowest BCUT2D eigenvalue weighted by molar-refractivity contribution is 0.00777. The van der Waals surface area contributed by atoms with Crippen LogP contribution in [-0.4, -0.2) is 29.4 Å². The molecule has 4 heteroatoms. The molecule has 192 valence electrons. The first kappa shape index (κ1) is 27.1. The van der Waals surface area contributed by atoms with Crippen LogP contribution in [0.25, 0.3) is 0 Å². The maximum absolute atomic E-state index is 6.54. The van der Waals surface area contributed by atoms with Crippen molar-refractivity contribution in [2.45, 2.75) is 77.7 Å². The van der Waals surface area contributed by atoms with E-state index in [4.69, 9.17) is 9.47 Å². The standard InChI is InChI=1S/C32H44O2Si2/c1-25-20-29(35(2,3)4)30-28(31(25)36(5,6)7)18-19-32(30,23-33-21-26-14-10-8-11-15-26)24-34-22-27-16-12-9-13-17-27/h8-17,20H,18-19,21-24H2,1-7H3. The average molecular weight is 517 g/mol. The first-order valence-electron chi connectivity index (χ1n) is 13.4. The Balaban J connectivity index is 1.74. The molecule has 36 heavy (non-hydrogen) atoms. The highest BCUT2D eigenvalue weighted by Crippen LogP contribution is 2.41. The summed E-state index contributed by atoms with van der Waals surface area (Å²) in [5.74, 6) is 0. The van der Waals surface area contributed by atoms with Crippen molar-refractivity contribution >= 4 is 26.5 Å². The molecule has 1 aliphatic carbocycles. The van der Waals surface area contributed by atoms with Gasteiger partial charge in [0.25, 0.3) is 0 Å². The van der Waals surface area contributed by atoms with Crippen molar-refractivity contribution < 1.29 is 9.47 Å². The van der Waals surface area contributed by atoms with E-state index in [2.05, 4.69) is 113 Å². The number of benzene rings is 3. The smallest absolute Gasteiger partial charge is 0.0783 e. The molecule has 0 N–H and O–H groups in total. The first-order chi connectivity index (χ1) is 17.0. The van der Waals surface area contributed by atoms with Gasteiger partial charge in [0.2, 0.25) is 0 Å². The van der Waals surface area contributed by atoms with E-state index in [1.54, 1.807) is 21.5 Å². The summed E-state index contributed by atoms with van der Waals surface area (Å²) in [6.07, 6.45) is 2.24. The molecule has 0 atom stereocenters. The molecule has 0 spiro atoms. The number of aryl methyl sites for hydroxylation is 1. The van der Waals surface area contributed by atoms with Crippen molar-refractivity contribution in [1.82, 2.24) is 0 Å². The lowest BCUT2D eigenvalue weighted by atomic mass is 9.83. The molecule has 0 aromatic heterocycles. The van der Waals surface area contributed by atoms with Gasteiger partial charge in [-0.15, -0.1) is 0 Å². The fraction of sp³-hybridized carbons (Fsp3) is 0.438. The fourth-order valence-corrected chi connectivity index (χ4v) is 10.3. The molecule has 0 aliphatic heterocycles. The molecule has 0 amide bonds. The van der Waals surface area contributed by atoms with Crippen LogP contribution in [0, 0.1) is 6.92 Å². The summed E-state index contributed by atoms with van der Waals surface area (Å²) in [7, 11) is -3.11. The van der Waals surface area contributed by atoms with Gasteiger partial charge in [-0.05, 0) is 42.0 Å². The maximum atomic E-state index is 6.54. The molecule has 0 unspecified atom stereocenters. The highest BCUT2D eigenvalue weighted by molar-refractivity contribution is 6.91. The highest BCUT2D eigenvalue weighted by atomic mass is 28.3. The molecule has 0 bridgehead atoms. The Morgan fingerprint density at radius 3 is 1.67 bits per heavy atom. The average Bonchev–Trinajstić information content (AvgIpc) is 3.17. The minimum absolute atomic E-state index is 0.101. The van der Waals surface area contributed by atoms with Crippen LogP contribution in [0.2, 0.25) is 39.3 Å². The lowest BCUT2D eigenvalue weighted by Gasteiger charge is -2.36. The van der Waals surface area contributed by atoms with E-state index in [0.717, 1.165) is 12.8 Å². The molecule has 0 saturated heterocycles. The van der Waals surface area contributed by atoms with Crippen molar-refractivity contribution in [1.29, 1.82) is 0 Å². The van der Waals surface area contributed by atoms with Crippen LogP contribution in [0.4, 0.5) is 0 Å². The van der Waals surface area contributed by atoms with E-state index in [0.29, 0.717) is 26.4 Å². The molecule has 4 rings (SSSR count). The van der Waals surface area contributed by atoms with Crippen LogP contribution >= 0.6 is 0 Å². The summed E-state index contributed by atoms with van der Waals surface area (Å²) in [6.45, 7) is 20.0. The lowest BCUT2D eigenvalue weighted by Crippen LogP contribution is -2.51. The van der Waals surface area contributed by atoms with E-state index >= 15 is 0 Å². The van der Waals surface area contributed by atoms with Gasteiger partial charge in [0, 0.05) is 5.41 Å². The van der Waals surface area contributed by atoms with Crippen molar-refractivity contribution in [3.8, 4) is 0 Å². The summed E-state index contributed by atoms with van der Waals surface area (Å²) in [5.41, 5.74) is 7.10. The van der Waals surface area contributed by atoms with Gasteiger partial charge in [0.05, 0.1) is 42.6 Å². The molecule has 3 aromatic rings. The Morgan fingerprint density at radius 2 is 1.22 bits per heavy atom.